The van der Waals surface area contributed by atoms with Crippen molar-refractivity contribution in [3.05, 3.63) is 24.1 Å². The van der Waals surface area contributed by atoms with Gasteiger partial charge in [-0.25, -0.2) is 9.37 Å². The Balaban J connectivity index is 1.96. The summed E-state index contributed by atoms with van der Waals surface area (Å²) in [6.07, 6.45) is 1.64. The van der Waals surface area contributed by atoms with Gasteiger partial charge in [-0.1, -0.05) is 0 Å². The minimum absolute atomic E-state index is 0.0745. The molecule has 0 aromatic carbocycles. The Labute approximate surface area is 93.5 Å². The van der Waals surface area contributed by atoms with Gasteiger partial charge in [-0.15, -0.1) is 0 Å². The summed E-state index contributed by atoms with van der Waals surface area (Å²) in [6.45, 7) is 3.37. The van der Waals surface area contributed by atoms with E-state index in [4.69, 9.17) is 0 Å². The highest BCUT2D eigenvalue weighted by Gasteiger charge is 2.28. The van der Waals surface area contributed by atoms with Crippen LogP contribution in [0.3, 0.4) is 0 Å². The van der Waals surface area contributed by atoms with E-state index in [1.807, 2.05) is 6.92 Å². The van der Waals surface area contributed by atoms with E-state index >= 15 is 0 Å². The van der Waals surface area contributed by atoms with E-state index in [1.165, 1.54) is 6.07 Å². The van der Waals surface area contributed by atoms with Gasteiger partial charge in [0, 0.05) is 19.5 Å². The first-order valence-corrected chi connectivity index (χ1v) is 5.35. The Morgan fingerprint density at radius 1 is 1.62 bits per heavy atom. The minimum Gasteiger partial charge on any atom is -0.365 e. The molecule has 0 saturated carbocycles. The smallest absolute Gasteiger partial charge is 0.224 e. The zero-order valence-electron chi connectivity index (χ0n) is 9.11. The standard InChI is InChI=1S/C11H14FN3O/c1-2-15-7-9(5-11(15)16)14-10-4-3-8(12)6-13-10/h3-4,6,9H,2,5,7H2,1H3,(H,13,14)/t9-/m1/s1. The number of hydrogen-bond acceptors (Lipinski definition) is 3. The number of nitrogens with one attached hydrogen (secondary N) is 1. The highest BCUT2D eigenvalue weighted by Crippen LogP contribution is 2.15. The summed E-state index contributed by atoms with van der Waals surface area (Å²) in [4.78, 5) is 17.2. The lowest BCUT2D eigenvalue weighted by Gasteiger charge is -2.14. The molecule has 1 atom stereocenters. The van der Waals surface area contributed by atoms with Crippen molar-refractivity contribution in [3.8, 4) is 0 Å². The number of rotatable bonds is 3. The molecule has 86 valence electrons. The Morgan fingerprint density at radius 2 is 2.44 bits per heavy atom. The number of carbonyl (C=O) groups is 1. The second-order valence-corrected chi connectivity index (χ2v) is 3.84. The first-order chi connectivity index (χ1) is 7.69. The van der Waals surface area contributed by atoms with Crippen molar-refractivity contribution in [2.75, 3.05) is 18.4 Å². The van der Waals surface area contributed by atoms with Gasteiger partial charge < -0.3 is 10.2 Å². The molecule has 1 aromatic rings. The summed E-state index contributed by atoms with van der Waals surface area (Å²) in [5, 5.41) is 3.12. The van der Waals surface area contributed by atoms with Crippen LogP contribution in [0.15, 0.2) is 18.3 Å². The maximum absolute atomic E-state index is 12.6. The fourth-order valence-corrected chi connectivity index (χ4v) is 1.84. The van der Waals surface area contributed by atoms with E-state index in [-0.39, 0.29) is 17.8 Å². The molecular formula is C11H14FN3O. The number of amides is 1. The monoisotopic (exact) mass is 223 g/mol. The third kappa shape index (κ3) is 2.29. The first kappa shape index (κ1) is 10.9. The van der Waals surface area contributed by atoms with Gasteiger partial charge in [0.25, 0.3) is 0 Å². The van der Waals surface area contributed by atoms with Gasteiger partial charge in [0.05, 0.1) is 12.2 Å². The molecule has 16 heavy (non-hydrogen) atoms. The maximum Gasteiger partial charge on any atom is 0.224 e. The molecule has 0 unspecified atom stereocenters. The summed E-state index contributed by atoms with van der Waals surface area (Å²) in [5.74, 6) is 0.405. The summed E-state index contributed by atoms with van der Waals surface area (Å²) in [5.41, 5.74) is 0. The maximum atomic E-state index is 12.6. The van der Waals surface area contributed by atoms with Crippen molar-refractivity contribution in [3.63, 3.8) is 0 Å². The molecule has 1 aliphatic rings. The van der Waals surface area contributed by atoms with E-state index in [0.717, 1.165) is 12.7 Å². The van der Waals surface area contributed by atoms with Crippen LogP contribution in [0.5, 0.6) is 0 Å². The van der Waals surface area contributed by atoms with Gasteiger partial charge in [0.2, 0.25) is 5.91 Å². The molecule has 2 heterocycles. The highest BCUT2D eigenvalue weighted by atomic mass is 19.1. The van der Waals surface area contributed by atoms with E-state index in [2.05, 4.69) is 10.3 Å². The lowest BCUT2D eigenvalue weighted by molar-refractivity contribution is -0.127. The molecule has 0 aliphatic carbocycles. The summed E-state index contributed by atoms with van der Waals surface area (Å²) < 4.78 is 12.6. The molecule has 0 spiro atoms. The number of anilines is 1. The molecule has 1 amide bonds. The van der Waals surface area contributed by atoms with Crippen LogP contribution >= 0.6 is 0 Å². The number of hydrogen-bond donors (Lipinski definition) is 1. The number of carbonyl (C=O) groups excluding carboxylic acids is 1. The van der Waals surface area contributed by atoms with Crippen LogP contribution in [0.1, 0.15) is 13.3 Å². The van der Waals surface area contributed by atoms with Crippen molar-refractivity contribution >= 4 is 11.7 Å². The topological polar surface area (TPSA) is 45.2 Å². The van der Waals surface area contributed by atoms with Crippen LogP contribution in [-0.4, -0.2) is 34.9 Å². The van der Waals surface area contributed by atoms with Gasteiger partial charge in [0.1, 0.15) is 11.6 Å². The number of likely N-dealkylation sites (N-methyl/N-ethyl adjacent to an activating group) is 1. The van der Waals surface area contributed by atoms with Crippen molar-refractivity contribution in [1.29, 1.82) is 0 Å². The summed E-state index contributed by atoms with van der Waals surface area (Å²) in [7, 11) is 0. The first-order valence-electron chi connectivity index (χ1n) is 5.35. The number of nitrogens with zero attached hydrogens (tertiary/aromatic N) is 2. The van der Waals surface area contributed by atoms with E-state index < -0.39 is 0 Å². The van der Waals surface area contributed by atoms with Gasteiger partial charge >= 0.3 is 0 Å². The number of pyridine rings is 1. The average molecular weight is 223 g/mol. The minimum atomic E-state index is -0.358. The fraction of sp³-hybridized carbons (Fsp3) is 0.455. The lowest BCUT2D eigenvalue weighted by atomic mass is 10.2. The summed E-state index contributed by atoms with van der Waals surface area (Å²) >= 11 is 0. The van der Waals surface area contributed by atoms with Crippen LogP contribution < -0.4 is 5.32 Å². The van der Waals surface area contributed by atoms with Crippen molar-refractivity contribution < 1.29 is 9.18 Å². The quantitative estimate of drug-likeness (QED) is 0.839. The number of likely N-dealkylation sites (tertiary alicyclic amines) is 1. The van der Waals surface area contributed by atoms with Crippen LogP contribution in [0.4, 0.5) is 10.2 Å². The Hall–Kier alpha value is -1.65. The lowest BCUT2D eigenvalue weighted by Crippen LogP contribution is -2.27. The zero-order valence-corrected chi connectivity index (χ0v) is 9.11. The molecule has 1 N–H and O–H groups in total. The molecule has 5 heteroatoms. The molecule has 1 aromatic heterocycles. The van der Waals surface area contributed by atoms with Gasteiger partial charge in [-0.2, -0.15) is 0 Å². The van der Waals surface area contributed by atoms with E-state index in [9.17, 15) is 9.18 Å². The second kappa shape index (κ2) is 4.47. The largest absolute Gasteiger partial charge is 0.365 e. The normalized spacial score (nSPS) is 20.2. The van der Waals surface area contributed by atoms with Crippen LogP contribution in [-0.2, 0) is 4.79 Å². The molecular weight excluding hydrogens is 209 g/mol. The Bertz CT molecular complexity index is 379. The fourth-order valence-electron chi connectivity index (χ4n) is 1.84. The van der Waals surface area contributed by atoms with Crippen LogP contribution in [0.25, 0.3) is 0 Å². The molecule has 0 bridgehead atoms. The third-order valence-electron chi connectivity index (χ3n) is 2.68. The van der Waals surface area contributed by atoms with Crippen molar-refractivity contribution in [1.82, 2.24) is 9.88 Å². The number of halogens is 1. The molecule has 1 aliphatic heterocycles. The van der Waals surface area contributed by atoms with Crippen LogP contribution in [0.2, 0.25) is 0 Å². The third-order valence-corrected chi connectivity index (χ3v) is 2.68. The van der Waals surface area contributed by atoms with Gasteiger partial charge in [-0.05, 0) is 19.1 Å². The molecule has 1 saturated heterocycles. The Morgan fingerprint density at radius 3 is 3.00 bits per heavy atom. The number of aromatic nitrogens is 1. The molecule has 2 rings (SSSR count). The Kier molecular flexibility index (Phi) is 3.03. The van der Waals surface area contributed by atoms with E-state index in [0.29, 0.717) is 18.8 Å². The van der Waals surface area contributed by atoms with Gasteiger partial charge in [0.15, 0.2) is 0 Å². The SMILES string of the molecule is CCN1C[C@H](Nc2ccc(F)cn2)CC1=O. The molecule has 1 fully saturated rings. The molecule has 4 nitrogen and oxygen atoms in total. The zero-order chi connectivity index (χ0) is 11.5. The van der Waals surface area contributed by atoms with Crippen molar-refractivity contribution in [2.45, 2.75) is 19.4 Å². The van der Waals surface area contributed by atoms with Crippen molar-refractivity contribution in [2.24, 2.45) is 0 Å². The predicted octanol–water partition coefficient (Wildman–Crippen LogP) is 1.25. The van der Waals surface area contributed by atoms with E-state index in [1.54, 1.807) is 11.0 Å². The predicted molar refractivity (Wildman–Crippen MR) is 58.5 cm³/mol. The van der Waals surface area contributed by atoms with Gasteiger partial charge in [-0.3, -0.25) is 4.79 Å². The molecule has 0 radical (unpaired) electrons. The summed E-state index contributed by atoms with van der Waals surface area (Å²) in [6, 6.07) is 3.00. The average Bonchev–Trinajstić information content (AvgIpc) is 2.62. The van der Waals surface area contributed by atoms with Crippen LogP contribution in [0, 0.1) is 5.82 Å². The highest BCUT2D eigenvalue weighted by molar-refractivity contribution is 5.79. The second-order valence-electron chi connectivity index (χ2n) is 3.84.